The highest BCUT2D eigenvalue weighted by Crippen LogP contribution is 2.37. The quantitative estimate of drug-likeness (QED) is 0.805. The second-order valence-electron chi connectivity index (χ2n) is 4.31. The molecule has 1 aromatic carbocycles. The molecule has 0 aliphatic heterocycles. The highest BCUT2D eigenvalue weighted by atomic mass is 16.5. The number of benzene rings is 1. The van der Waals surface area contributed by atoms with Crippen molar-refractivity contribution >= 4 is 0 Å². The lowest BCUT2D eigenvalue weighted by molar-refractivity contribution is 0.338. The van der Waals surface area contributed by atoms with E-state index in [0.717, 1.165) is 12.2 Å². The van der Waals surface area contributed by atoms with Gasteiger partial charge in [-0.1, -0.05) is 13.0 Å². The van der Waals surface area contributed by atoms with Crippen molar-refractivity contribution in [2.75, 3.05) is 6.61 Å². The average molecular weight is 205 g/mol. The van der Waals surface area contributed by atoms with Crippen LogP contribution in [0.1, 0.15) is 49.8 Å². The third-order valence-electron chi connectivity index (χ3n) is 3.21. The number of ether oxygens (including phenoxy) is 1. The van der Waals surface area contributed by atoms with Crippen molar-refractivity contribution in [2.45, 2.75) is 38.6 Å². The van der Waals surface area contributed by atoms with Gasteiger partial charge in [-0.05, 0) is 48.9 Å². The Labute approximate surface area is 91.4 Å². The van der Waals surface area contributed by atoms with Crippen LogP contribution in [0, 0.1) is 0 Å². The maximum absolute atomic E-state index is 6.12. The van der Waals surface area contributed by atoms with Crippen LogP contribution in [0.15, 0.2) is 18.2 Å². The fourth-order valence-electron chi connectivity index (χ4n) is 2.32. The van der Waals surface area contributed by atoms with Crippen LogP contribution < -0.4 is 10.5 Å². The van der Waals surface area contributed by atoms with Gasteiger partial charge in [-0.25, -0.2) is 0 Å². The lowest BCUT2D eigenvalue weighted by Crippen LogP contribution is -2.19. The summed E-state index contributed by atoms with van der Waals surface area (Å²) < 4.78 is 5.50. The predicted molar refractivity (Wildman–Crippen MR) is 62.2 cm³/mol. The highest BCUT2D eigenvalue weighted by molar-refractivity contribution is 5.40. The lowest BCUT2D eigenvalue weighted by Gasteiger charge is -2.27. The summed E-state index contributed by atoms with van der Waals surface area (Å²) in [6.07, 6.45) is 2.28. The standard InChI is InChI=1S/C13H19NO/c1-3-15-10-5-6-11-9(2)4-7-13(14)12(11)8-10/h5-6,8-9,13H,3-4,7,14H2,1-2H3. The van der Waals surface area contributed by atoms with Gasteiger partial charge in [0.05, 0.1) is 6.61 Å². The van der Waals surface area contributed by atoms with Crippen molar-refractivity contribution in [1.82, 2.24) is 0 Å². The van der Waals surface area contributed by atoms with E-state index < -0.39 is 0 Å². The molecule has 0 saturated heterocycles. The molecule has 2 nitrogen and oxygen atoms in total. The molecular weight excluding hydrogens is 186 g/mol. The fourth-order valence-corrected chi connectivity index (χ4v) is 2.32. The van der Waals surface area contributed by atoms with E-state index in [0.29, 0.717) is 12.5 Å². The second-order valence-corrected chi connectivity index (χ2v) is 4.31. The van der Waals surface area contributed by atoms with Crippen molar-refractivity contribution in [3.63, 3.8) is 0 Å². The Morgan fingerprint density at radius 3 is 2.87 bits per heavy atom. The Balaban J connectivity index is 2.36. The summed E-state index contributed by atoms with van der Waals surface area (Å²) in [5.74, 6) is 1.58. The lowest BCUT2D eigenvalue weighted by atomic mass is 9.81. The fraction of sp³-hybridized carbons (Fsp3) is 0.538. The topological polar surface area (TPSA) is 35.2 Å². The SMILES string of the molecule is CCOc1ccc2c(c1)C(N)CCC2C. The Bertz CT molecular complexity index is 348. The number of hydrogen-bond donors (Lipinski definition) is 1. The molecule has 1 aliphatic rings. The van der Waals surface area contributed by atoms with Crippen LogP contribution in [0.5, 0.6) is 5.75 Å². The monoisotopic (exact) mass is 205 g/mol. The summed E-state index contributed by atoms with van der Waals surface area (Å²) in [7, 11) is 0. The highest BCUT2D eigenvalue weighted by Gasteiger charge is 2.22. The van der Waals surface area contributed by atoms with Gasteiger partial charge in [0.15, 0.2) is 0 Å². The molecule has 2 heteroatoms. The van der Waals surface area contributed by atoms with Crippen molar-refractivity contribution < 1.29 is 4.74 Å². The largest absolute Gasteiger partial charge is 0.494 e. The van der Waals surface area contributed by atoms with Crippen molar-refractivity contribution in [2.24, 2.45) is 5.73 Å². The molecule has 2 rings (SSSR count). The zero-order valence-electron chi connectivity index (χ0n) is 9.49. The molecule has 0 saturated carbocycles. The minimum Gasteiger partial charge on any atom is -0.494 e. The molecule has 0 radical (unpaired) electrons. The van der Waals surface area contributed by atoms with Crippen LogP contribution in [0.3, 0.4) is 0 Å². The molecule has 82 valence electrons. The molecule has 2 atom stereocenters. The van der Waals surface area contributed by atoms with E-state index in [4.69, 9.17) is 10.5 Å². The zero-order chi connectivity index (χ0) is 10.8. The van der Waals surface area contributed by atoms with E-state index in [1.807, 2.05) is 6.92 Å². The molecule has 0 fully saturated rings. The molecule has 2 N–H and O–H groups in total. The van der Waals surface area contributed by atoms with Gasteiger partial charge >= 0.3 is 0 Å². The molecule has 0 bridgehead atoms. The third-order valence-corrected chi connectivity index (χ3v) is 3.21. The first-order valence-corrected chi connectivity index (χ1v) is 5.74. The van der Waals surface area contributed by atoms with E-state index in [-0.39, 0.29) is 6.04 Å². The van der Waals surface area contributed by atoms with Gasteiger partial charge in [-0.2, -0.15) is 0 Å². The molecule has 15 heavy (non-hydrogen) atoms. The predicted octanol–water partition coefficient (Wildman–Crippen LogP) is 2.98. The first-order valence-electron chi connectivity index (χ1n) is 5.74. The summed E-state index contributed by atoms with van der Waals surface area (Å²) in [4.78, 5) is 0. The molecule has 2 unspecified atom stereocenters. The Hall–Kier alpha value is -1.02. The van der Waals surface area contributed by atoms with Crippen LogP contribution in [0.4, 0.5) is 0 Å². The van der Waals surface area contributed by atoms with E-state index in [1.54, 1.807) is 0 Å². The molecule has 1 aromatic rings. The number of nitrogens with two attached hydrogens (primary N) is 1. The van der Waals surface area contributed by atoms with Crippen molar-refractivity contribution in [3.05, 3.63) is 29.3 Å². The van der Waals surface area contributed by atoms with Gasteiger partial charge in [0.1, 0.15) is 5.75 Å². The Morgan fingerprint density at radius 2 is 2.13 bits per heavy atom. The summed E-state index contributed by atoms with van der Waals surface area (Å²) in [5, 5.41) is 0. The molecule has 1 aliphatic carbocycles. The van der Waals surface area contributed by atoms with Gasteiger partial charge in [-0.15, -0.1) is 0 Å². The van der Waals surface area contributed by atoms with E-state index in [1.165, 1.54) is 17.5 Å². The van der Waals surface area contributed by atoms with Crippen LogP contribution >= 0.6 is 0 Å². The van der Waals surface area contributed by atoms with E-state index >= 15 is 0 Å². The first-order chi connectivity index (χ1) is 7.22. The van der Waals surface area contributed by atoms with Gasteiger partial charge in [0.2, 0.25) is 0 Å². The van der Waals surface area contributed by atoms with Gasteiger partial charge < -0.3 is 10.5 Å². The van der Waals surface area contributed by atoms with Gasteiger partial charge in [0.25, 0.3) is 0 Å². The Morgan fingerprint density at radius 1 is 1.33 bits per heavy atom. The summed E-state index contributed by atoms with van der Waals surface area (Å²) in [5.41, 5.74) is 8.80. The van der Waals surface area contributed by atoms with Crippen molar-refractivity contribution in [3.8, 4) is 5.75 Å². The maximum atomic E-state index is 6.12. The zero-order valence-corrected chi connectivity index (χ0v) is 9.49. The van der Waals surface area contributed by atoms with Crippen molar-refractivity contribution in [1.29, 1.82) is 0 Å². The smallest absolute Gasteiger partial charge is 0.119 e. The summed E-state index contributed by atoms with van der Waals surface area (Å²) >= 11 is 0. The molecular formula is C13H19NO. The van der Waals surface area contributed by atoms with Gasteiger partial charge in [-0.3, -0.25) is 0 Å². The average Bonchev–Trinajstić information content (AvgIpc) is 2.24. The first kappa shape index (κ1) is 10.5. The number of fused-ring (bicyclic) bond motifs is 1. The van der Waals surface area contributed by atoms with Crippen LogP contribution in [0.25, 0.3) is 0 Å². The van der Waals surface area contributed by atoms with E-state index in [9.17, 15) is 0 Å². The molecule has 0 spiro atoms. The number of hydrogen-bond acceptors (Lipinski definition) is 2. The molecule has 0 amide bonds. The summed E-state index contributed by atoms with van der Waals surface area (Å²) in [6, 6.07) is 6.52. The van der Waals surface area contributed by atoms with Crippen LogP contribution in [-0.4, -0.2) is 6.61 Å². The third kappa shape index (κ3) is 2.00. The van der Waals surface area contributed by atoms with E-state index in [2.05, 4.69) is 25.1 Å². The normalized spacial score (nSPS) is 24.7. The molecule has 0 heterocycles. The summed E-state index contributed by atoms with van der Waals surface area (Å²) in [6.45, 7) is 4.98. The minimum atomic E-state index is 0.191. The van der Waals surface area contributed by atoms with Crippen LogP contribution in [0.2, 0.25) is 0 Å². The Kier molecular flexibility index (Phi) is 2.96. The minimum absolute atomic E-state index is 0.191. The maximum Gasteiger partial charge on any atom is 0.119 e. The van der Waals surface area contributed by atoms with Crippen LogP contribution in [-0.2, 0) is 0 Å². The van der Waals surface area contributed by atoms with Gasteiger partial charge in [0, 0.05) is 6.04 Å². The number of rotatable bonds is 2. The second kappa shape index (κ2) is 4.23. The molecule has 0 aromatic heterocycles.